The van der Waals surface area contributed by atoms with Gasteiger partial charge in [-0.25, -0.2) is 29.9 Å². The van der Waals surface area contributed by atoms with Crippen LogP contribution in [0.1, 0.15) is 50.1 Å². The highest BCUT2D eigenvalue weighted by Crippen LogP contribution is 2.58. The summed E-state index contributed by atoms with van der Waals surface area (Å²) in [4.78, 5) is 13.8. The molecule has 0 unspecified atom stereocenters. The van der Waals surface area contributed by atoms with E-state index in [2.05, 4.69) is 37.6 Å². The molecule has 0 aromatic heterocycles. The van der Waals surface area contributed by atoms with Crippen LogP contribution in [0, 0.1) is 94.3 Å². The summed E-state index contributed by atoms with van der Waals surface area (Å²) in [5, 5.41) is 61.3. The topological polar surface area (TPSA) is 160 Å². The van der Waals surface area contributed by atoms with Crippen molar-refractivity contribution in [1.29, 1.82) is 31.6 Å². The zero-order valence-electron chi connectivity index (χ0n) is 23.1. The molecule has 0 saturated carbocycles. The van der Waals surface area contributed by atoms with Gasteiger partial charge in [-0.2, -0.15) is 21.0 Å². The molecule has 5 rings (SSSR count). The van der Waals surface area contributed by atoms with Crippen molar-refractivity contribution in [2.75, 3.05) is 0 Å². The van der Waals surface area contributed by atoms with Gasteiger partial charge in [0.15, 0.2) is 5.69 Å². The maximum atomic E-state index is 10.7. The van der Waals surface area contributed by atoms with Crippen molar-refractivity contribution < 1.29 is 0 Å². The number of nitriles is 6. The average Bonchev–Trinajstić information content (AvgIpc) is 3.62. The van der Waals surface area contributed by atoms with E-state index in [-0.39, 0.29) is 72.6 Å². The molecular formula is C36H8N10. The molecule has 10 nitrogen and oxygen atoms in total. The quantitative estimate of drug-likeness (QED) is 0.226. The van der Waals surface area contributed by atoms with Crippen LogP contribution in [-0.4, -0.2) is 0 Å². The van der Waals surface area contributed by atoms with Gasteiger partial charge in [0.1, 0.15) is 12.1 Å². The van der Waals surface area contributed by atoms with Gasteiger partial charge in [0, 0.05) is 22.3 Å². The minimum atomic E-state index is -0.492. The molecule has 2 aliphatic carbocycles. The summed E-state index contributed by atoms with van der Waals surface area (Å²) in [6.07, 6.45) is 0. The first-order chi connectivity index (χ1) is 22.4. The Morgan fingerprint density at radius 2 is 1.02 bits per heavy atom. The van der Waals surface area contributed by atoms with Crippen molar-refractivity contribution in [3.8, 4) is 36.4 Å². The minimum absolute atomic E-state index is 0.0713. The predicted octanol–water partition coefficient (Wildman–Crippen LogP) is 7.41. The van der Waals surface area contributed by atoms with Gasteiger partial charge >= 0.3 is 0 Å². The van der Waals surface area contributed by atoms with E-state index in [1.54, 1.807) is 0 Å². The molecule has 202 valence electrons. The Kier molecular flexibility index (Phi) is 7.21. The molecule has 2 aliphatic rings. The van der Waals surface area contributed by atoms with Gasteiger partial charge in [-0.3, -0.25) is 0 Å². The lowest BCUT2D eigenvalue weighted by Gasteiger charge is -2.17. The maximum Gasteiger partial charge on any atom is 0.270 e. The normalized spacial score (nSPS) is 14.2. The highest BCUT2D eigenvalue weighted by Gasteiger charge is 2.43. The second kappa shape index (κ2) is 11.4. The number of benzene rings is 3. The Morgan fingerprint density at radius 1 is 0.522 bits per heavy atom. The van der Waals surface area contributed by atoms with Crippen molar-refractivity contribution in [3.05, 3.63) is 156 Å². The number of fused-ring (bicyclic) bond motifs is 2. The van der Waals surface area contributed by atoms with Gasteiger partial charge in [0.05, 0.1) is 72.8 Å². The van der Waals surface area contributed by atoms with Crippen molar-refractivity contribution in [2.45, 2.75) is 0 Å². The second-order valence-corrected chi connectivity index (χ2v) is 9.41. The zero-order valence-corrected chi connectivity index (χ0v) is 23.1. The van der Waals surface area contributed by atoms with Crippen molar-refractivity contribution in [3.63, 3.8) is 0 Å². The van der Waals surface area contributed by atoms with Crippen LogP contribution in [0.4, 0.5) is 5.69 Å². The molecule has 0 spiro atoms. The lowest BCUT2D eigenvalue weighted by atomic mass is 9.83. The number of hydrogen-bond donors (Lipinski definition) is 0. The molecule has 0 fully saturated rings. The predicted molar refractivity (Wildman–Crippen MR) is 164 cm³/mol. The SMILES string of the molecule is [C-]#[N+]C1=C(c2ccc([N+]#[C-])cc2)/C(=C(/C#N)[N+]#[C-])c2c(C#N)c3c(c(C#N)c21)C(C#N)=C(c1ccc(C#N)cc1)/C3=C(\C#N)[N+]#[C-]. The van der Waals surface area contributed by atoms with Crippen molar-refractivity contribution in [2.24, 2.45) is 0 Å². The van der Waals surface area contributed by atoms with Crippen LogP contribution in [0.3, 0.4) is 0 Å². The van der Waals surface area contributed by atoms with Gasteiger partial charge in [-0.1, -0.05) is 36.4 Å². The van der Waals surface area contributed by atoms with E-state index < -0.39 is 11.4 Å². The van der Waals surface area contributed by atoms with Crippen LogP contribution >= 0.6 is 0 Å². The fraction of sp³-hybridized carbons (Fsp3) is 0. The van der Waals surface area contributed by atoms with Crippen LogP contribution in [0.5, 0.6) is 0 Å². The largest absolute Gasteiger partial charge is 0.270 e. The Hall–Kier alpha value is -8.48. The number of allylic oxidation sites excluding steroid dienone is 7. The Bertz CT molecular complexity index is 2340. The van der Waals surface area contributed by atoms with E-state index in [9.17, 15) is 31.6 Å². The van der Waals surface area contributed by atoms with Crippen molar-refractivity contribution in [1.82, 2.24) is 0 Å². The van der Waals surface area contributed by atoms with E-state index in [1.807, 2.05) is 18.2 Å². The highest BCUT2D eigenvalue weighted by atomic mass is 14.7. The Morgan fingerprint density at radius 3 is 1.48 bits per heavy atom. The van der Waals surface area contributed by atoms with Gasteiger partial charge in [-0.05, 0) is 45.5 Å². The number of nitrogens with zero attached hydrogens (tertiary/aromatic N) is 10. The fourth-order valence-corrected chi connectivity index (χ4v) is 5.66. The van der Waals surface area contributed by atoms with Crippen LogP contribution in [0.2, 0.25) is 0 Å². The maximum absolute atomic E-state index is 10.7. The Balaban J connectivity index is 2.09. The van der Waals surface area contributed by atoms with Gasteiger partial charge < -0.3 is 0 Å². The molecule has 10 heteroatoms. The summed E-state index contributed by atoms with van der Waals surface area (Å²) in [7, 11) is 0. The molecule has 0 radical (unpaired) electrons. The molecule has 0 amide bonds. The fourth-order valence-electron chi connectivity index (χ4n) is 5.66. The molecule has 3 aromatic carbocycles. The van der Waals surface area contributed by atoms with Gasteiger partial charge in [-0.15, -0.1) is 0 Å². The molecular weight excluding hydrogens is 572 g/mol. The summed E-state index contributed by atoms with van der Waals surface area (Å²) in [6.45, 7) is 31.0. The van der Waals surface area contributed by atoms with E-state index >= 15 is 0 Å². The lowest BCUT2D eigenvalue weighted by Crippen LogP contribution is -2.04. The second-order valence-electron chi connectivity index (χ2n) is 9.41. The third-order valence-corrected chi connectivity index (χ3v) is 7.42. The minimum Gasteiger partial charge on any atom is -0.238 e. The molecule has 0 bridgehead atoms. The molecule has 3 aromatic rings. The van der Waals surface area contributed by atoms with Crippen LogP contribution in [0.15, 0.2) is 59.9 Å². The zero-order chi connectivity index (χ0) is 33.1. The lowest BCUT2D eigenvalue weighted by molar-refractivity contribution is 1.38. The van der Waals surface area contributed by atoms with E-state index in [0.29, 0.717) is 16.7 Å². The molecule has 0 atom stereocenters. The summed E-state index contributed by atoms with van der Waals surface area (Å²) < 4.78 is 0. The summed E-state index contributed by atoms with van der Waals surface area (Å²) >= 11 is 0. The average molecular weight is 581 g/mol. The Labute approximate surface area is 262 Å². The molecule has 0 N–H and O–H groups in total. The van der Waals surface area contributed by atoms with E-state index in [4.69, 9.17) is 26.3 Å². The smallest absolute Gasteiger partial charge is 0.238 e. The first-order valence-corrected chi connectivity index (χ1v) is 12.8. The summed E-state index contributed by atoms with van der Waals surface area (Å²) in [5.41, 5.74) is -0.877. The monoisotopic (exact) mass is 580 g/mol. The standard InChI is InChI=1S/C36H8N10/c1-43-22-11-9-21(10-12-22)29-35(27(18-42)45-3)32-25(16-40)31-30(24(15-39)33(32)36(29)46-4)23(14-38)28(34(31)26(17-41)44-2)20-7-5-19(13-37)6-8-20/h5-12H/b34-26-,35-27+. The van der Waals surface area contributed by atoms with Gasteiger partial charge in [0.25, 0.3) is 11.4 Å². The van der Waals surface area contributed by atoms with Crippen LogP contribution in [-0.2, 0) is 0 Å². The van der Waals surface area contributed by atoms with Crippen LogP contribution < -0.4 is 0 Å². The van der Waals surface area contributed by atoms with E-state index in [0.717, 1.165) is 0 Å². The third-order valence-electron chi connectivity index (χ3n) is 7.42. The summed E-state index contributed by atoms with van der Waals surface area (Å²) in [6, 6.07) is 23.8. The first-order valence-electron chi connectivity index (χ1n) is 12.8. The van der Waals surface area contributed by atoms with Crippen molar-refractivity contribution >= 4 is 39.2 Å². The summed E-state index contributed by atoms with van der Waals surface area (Å²) in [5.74, 6) is 0. The molecule has 0 heterocycles. The molecule has 0 aliphatic heterocycles. The third kappa shape index (κ3) is 3.95. The van der Waals surface area contributed by atoms with E-state index in [1.165, 1.54) is 48.5 Å². The van der Waals surface area contributed by atoms with Crippen LogP contribution in [0.25, 0.3) is 52.9 Å². The van der Waals surface area contributed by atoms with Gasteiger partial charge in [0.2, 0.25) is 5.70 Å². The number of rotatable bonds is 2. The number of hydrogen-bond acceptors (Lipinski definition) is 6. The first kappa shape index (κ1) is 29.0. The molecule has 0 saturated heterocycles. The highest BCUT2D eigenvalue weighted by molar-refractivity contribution is 6.31. The molecule has 46 heavy (non-hydrogen) atoms.